The number of anilines is 2. The van der Waals surface area contributed by atoms with E-state index in [0.717, 1.165) is 31.4 Å². The van der Waals surface area contributed by atoms with Gasteiger partial charge in [-0.1, -0.05) is 32.4 Å². The Morgan fingerprint density at radius 2 is 1.73 bits per heavy atom. The maximum Gasteiger partial charge on any atom is 0.416 e. The van der Waals surface area contributed by atoms with Gasteiger partial charge in [0.2, 0.25) is 0 Å². The van der Waals surface area contributed by atoms with E-state index >= 15 is 0 Å². The van der Waals surface area contributed by atoms with Gasteiger partial charge in [0.25, 0.3) is 5.91 Å². The molecule has 12 heteroatoms. The number of rotatable bonds is 9. The van der Waals surface area contributed by atoms with Gasteiger partial charge in [-0.15, -0.1) is 0 Å². The summed E-state index contributed by atoms with van der Waals surface area (Å²) >= 11 is 0. The number of hydrogen-bond donors (Lipinski definition) is 3. The van der Waals surface area contributed by atoms with Gasteiger partial charge < -0.3 is 25.4 Å². The zero-order valence-electron chi connectivity index (χ0n) is 23.3. The molecular formula is C29H35F3N4O5. The van der Waals surface area contributed by atoms with Crippen LogP contribution in [0.1, 0.15) is 61.0 Å². The molecule has 3 rings (SSSR count). The molecule has 222 valence electrons. The Kier molecular flexibility index (Phi) is 11.1. The van der Waals surface area contributed by atoms with Gasteiger partial charge in [-0.3, -0.25) is 9.79 Å². The summed E-state index contributed by atoms with van der Waals surface area (Å²) in [6, 6.07) is 8.45. The summed E-state index contributed by atoms with van der Waals surface area (Å²) in [6.07, 6.45) is -1.89. The summed E-state index contributed by atoms with van der Waals surface area (Å²) in [5.41, 5.74) is -0.0229. The third-order valence-electron chi connectivity index (χ3n) is 6.16. The van der Waals surface area contributed by atoms with Gasteiger partial charge in [0.15, 0.2) is 0 Å². The normalized spacial score (nSPS) is 14.4. The maximum absolute atomic E-state index is 13.6. The van der Waals surface area contributed by atoms with Gasteiger partial charge in [-0.25, -0.2) is 9.59 Å². The van der Waals surface area contributed by atoms with Crippen molar-refractivity contribution in [3.63, 3.8) is 0 Å². The fraction of sp³-hybridized carbons (Fsp3) is 0.448. The van der Waals surface area contributed by atoms with Crippen LogP contribution >= 0.6 is 0 Å². The summed E-state index contributed by atoms with van der Waals surface area (Å²) in [5, 5.41) is 8.04. The average Bonchev–Trinajstić information content (AvgIpc) is 3.20. The predicted octanol–water partition coefficient (Wildman–Crippen LogP) is 5.81. The summed E-state index contributed by atoms with van der Waals surface area (Å²) in [4.78, 5) is 41.6. The monoisotopic (exact) mass is 576 g/mol. The Bertz CT molecular complexity index is 1250. The van der Waals surface area contributed by atoms with Crippen molar-refractivity contribution in [2.75, 3.05) is 30.9 Å². The summed E-state index contributed by atoms with van der Waals surface area (Å²) in [7, 11) is 1.20. The number of methoxy groups -OCH3 is 1. The minimum atomic E-state index is -4.65. The third kappa shape index (κ3) is 10.1. The largest absolute Gasteiger partial charge is 0.467 e. The first-order valence-electron chi connectivity index (χ1n) is 13.4. The van der Waals surface area contributed by atoms with E-state index < -0.39 is 35.8 Å². The number of benzene rings is 2. The van der Waals surface area contributed by atoms with Gasteiger partial charge in [-0.2, -0.15) is 13.2 Å². The molecule has 0 saturated heterocycles. The fourth-order valence-electron chi connectivity index (χ4n) is 4.06. The zero-order chi connectivity index (χ0) is 30.0. The van der Waals surface area contributed by atoms with Gasteiger partial charge in [0.1, 0.15) is 11.9 Å². The lowest BCUT2D eigenvalue weighted by molar-refractivity contribution is -0.143. The first kappa shape index (κ1) is 31.4. The minimum absolute atomic E-state index is 0.0875. The molecule has 3 N–H and O–H groups in total. The van der Waals surface area contributed by atoms with Gasteiger partial charge >= 0.3 is 18.2 Å². The van der Waals surface area contributed by atoms with Crippen LogP contribution < -0.4 is 16.0 Å². The highest BCUT2D eigenvalue weighted by Crippen LogP contribution is 2.32. The molecule has 0 radical (unpaired) electrons. The van der Waals surface area contributed by atoms with Crippen LogP contribution in [-0.4, -0.2) is 50.1 Å². The fourth-order valence-corrected chi connectivity index (χ4v) is 4.06. The highest BCUT2D eigenvalue weighted by atomic mass is 19.4. The second kappa shape index (κ2) is 14.5. The standard InChI is InChI=1S/C29H35F3N4O5/c1-18(2)17-41-28(39)36-24(27(38)40-3)13-19-8-10-22(11-9-19)35-26(37)20-14-21(29(30,31)32)16-23(15-20)34-25-7-5-4-6-12-33-25/h8-11,14-16,18,24H,4-7,12-13,17H2,1-3H3,(H,33,34)(H,35,37)(H,36,39). The highest BCUT2D eigenvalue weighted by molar-refractivity contribution is 6.06. The number of nitrogens with one attached hydrogen (secondary N) is 3. The Balaban J connectivity index is 1.71. The Morgan fingerprint density at radius 1 is 1.00 bits per heavy atom. The van der Waals surface area contributed by atoms with Crippen LogP contribution in [0.3, 0.4) is 0 Å². The molecule has 0 bridgehead atoms. The number of aliphatic imine (C=N–C) groups is 1. The zero-order valence-corrected chi connectivity index (χ0v) is 23.3. The third-order valence-corrected chi connectivity index (χ3v) is 6.16. The SMILES string of the molecule is COC(=O)C(Cc1ccc(NC(=O)c2cc(NC3=NCCCCC3)cc(C(F)(F)F)c2)cc1)NC(=O)OCC(C)C. The molecule has 0 aliphatic carbocycles. The number of alkyl halides is 3. The molecule has 0 spiro atoms. The second-order valence-corrected chi connectivity index (χ2v) is 10.1. The number of amidine groups is 1. The van der Waals surface area contributed by atoms with E-state index in [1.54, 1.807) is 24.3 Å². The topological polar surface area (TPSA) is 118 Å². The lowest BCUT2D eigenvalue weighted by Gasteiger charge is -2.17. The van der Waals surface area contributed by atoms with Crippen molar-refractivity contribution < 1.29 is 37.0 Å². The molecule has 0 aromatic heterocycles. The van der Waals surface area contributed by atoms with Crippen LogP contribution in [0.2, 0.25) is 0 Å². The lowest BCUT2D eigenvalue weighted by atomic mass is 10.1. The van der Waals surface area contributed by atoms with E-state index in [0.29, 0.717) is 30.1 Å². The Morgan fingerprint density at radius 3 is 2.39 bits per heavy atom. The average molecular weight is 577 g/mol. The molecule has 1 unspecified atom stereocenters. The maximum atomic E-state index is 13.6. The number of esters is 1. The number of nitrogens with zero attached hydrogens (tertiary/aromatic N) is 1. The molecular weight excluding hydrogens is 541 g/mol. The Hall–Kier alpha value is -4.09. The number of amides is 2. The van der Waals surface area contributed by atoms with E-state index in [9.17, 15) is 27.6 Å². The molecule has 0 fully saturated rings. The molecule has 2 amide bonds. The molecule has 1 heterocycles. The van der Waals surface area contributed by atoms with Gasteiger partial charge in [0, 0.05) is 36.3 Å². The minimum Gasteiger partial charge on any atom is -0.467 e. The molecule has 1 atom stereocenters. The molecule has 1 aliphatic rings. The van der Waals surface area contributed by atoms with Crippen molar-refractivity contribution in [1.82, 2.24) is 5.32 Å². The van der Waals surface area contributed by atoms with E-state index in [2.05, 4.69) is 20.9 Å². The number of carbonyl (C=O) groups excluding carboxylic acids is 3. The van der Waals surface area contributed by atoms with Crippen LogP contribution in [0.15, 0.2) is 47.5 Å². The van der Waals surface area contributed by atoms with Crippen molar-refractivity contribution in [1.29, 1.82) is 0 Å². The number of alkyl carbamates (subject to hydrolysis) is 1. The number of ether oxygens (including phenoxy) is 2. The van der Waals surface area contributed by atoms with E-state index in [1.165, 1.54) is 13.2 Å². The van der Waals surface area contributed by atoms with Crippen LogP contribution in [0.4, 0.5) is 29.3 Å². The summed E-state index contributed by atoms with van der Waals surface area (Å²) in [6.45, 7) is 4.54. The molecule has 41 heavy (non-hydrogen) atoms. The van der Waals surface area contributed by atoms with E-state index in [4.69, 9.17) is 9.47 Å². The summed E-state index contributed by atoms with van der Waals surface area (Å²) < 4.78 is 50.7. The van der Waals surface area contributed by atoms with Crippen molar-refractivity contribution >= 4 is 35.2 Å². The highest BCUT2D eigenvalue weighted by Gasteiger charge is 2.32. The molecule has 0 saturated carbocycles. The van der Waals surface area contributed by atoms with E-state index in [1.807, 2.05) is 13.8 Å². The van der Waals surface area contributed by atoms with Crippen LogP contribution in [0.5, 0.6) is 0 Å². The smallest absolute Gasteiger partial charge is 0.416 e. The van der Waals surface area contributed by atoms with Crippen molar-refractivity contribution in [2.24, 2.45) is 10.9 Å². The number of halogens is 3. The molecule has 9 nitrogen and oxygen atoms in total. The molecule has 2 aromatic rings. The lowest BCUT2D eigenvalue weighted by Crippen LogP contribution is -2.43. The quantitative estimate of drug-likeness (QED) is 0.325. The Labute approximate surface area is 236 Å². The molecule has 2 aromatic carbocycles. The van der Waals surface area contributed by atoms with Crippen LogP contribution in [0, 0.1) is 5.92 Å². The van der Waals surface area contributed by atoms with Crippen LogP contribution in [-0.2, 0) is 26.9 Å². The predicted molar refractivity (Wildman–Crippen MR) is 149 cm³/mol. The first-order valence-corrected chi connectivity index (χ1v) is 13.4. The first-order chi connectivity index (χ1) is 19.4. The number of carbonyl (C=O) groups is 3. The van der Waals surface area contributed by atoms with Crippen molar-refractivity contribution in [3.05, 3.63) is 59.2 Å². The van der Waals surface area contributed by atoms with E-state index in [-0.39, 0.29) is 30.2 Å². The second-order valence-electron chi connectivity index (χ2n) is 10.1. The van der Waals surface area contributed by atoms with Crippen LogP contribution in [0.25, 0.3) is 0 Å². The van der Waals surface area contributed by atoms with Gasteiger partial charge in [0.05, 0.1) is 19.3 Å². The van der Waals surface area contributed by atoms with Crippen molar-refractivity contribution in [3.8, 4) is 0 Å². The molecule has 1 aliphatic heterocycles. The number of hydrogen-bond acceptors (Lipinski definition) is 7. The van der Waals surface area contributed by atoms with Gasteiger partial charge in [-0.05, 0) is 54.7 Å². The van der Waals surface area contributed by atoms with Crippen molar-refractivity contribution in [2.45, 2.75) is 58.2 Å². The summed E-state index contributed by atoms with van der Waals surface area (Å²) in [5.74, 6) is -0.671.